The number of nitrogens with two attached hydrogens (primary N) is 1. The normalized spacial score (nSPS) is 16.1. The molecule has 2 aromatic heterocycles. The Labute approximate surface area is 291 Å². The Hall–Kier alpha value is -3.94. The molecule has 0 unspecified atom stereocenters. The Bertz CT molecular complexity index is 1910. The topological polar surface area (TPSA) is 158 Å². The highest BCUT2D eigenvalue weighted by atomic mass is 32.2. The summed E-state index contributed by atoms with van der Waals surface area (Å²) in [5.41, 5.74) is 3.07. The van der Waals surface area contributed by atoms with Gasteiger partial charge in [-0.1, -0.05) is 24.3 Å². The molecular formula is C32H42F2N8O6S2. The Kier molecular flexibility index (Phi) is 11.6. The van der Waals surface area contributed by atoms with E-state index in [1.165, 1.54) is 15.1 Å². The summed E-state index contributed by atoms with van der Waals surface area (Å²) < 4.78 is 90.1. The number of methoxy groups -OCH3 is 2. The lowest BCUT2D eigenvalue weighted by molar-refractivity contribution is 0.0569. The Morgan fingerprint density at radius 1 is 0.720 bits per heavy atom. The van der Waals surface area contributed by atoms with Crippen LogP contribution in [-0.4, -0.2) is 103 Å². The summed E-state index contributed by atoms with van der Waals surface area (Å²) in [6.45, 7) is 2.75. The second kappa shape index (κ2) is 15.5. The van der Waals surface area contributed by atoms with Gasteiger partial charge in [0.1, 0.15) is 23.8 Å². The highest BCUT2D eigenvalue weighted by molar-refractivity contribution is 7.89. The molecular weight excluding hydrogens is 695 g/mol. The zero-order valence-corrected chi connectivity index (χ0v) is 29.9. The van der Waals surface area contributed by atoms with E-state index in [1.807, 2.05) is 34.1 Å². The van der Waals surface area contributed by atoms with Gasteiger partial charge in [-0.3, -0.25) is 19.2 Å². The minimum absolute atomic E-state index is 0.0238. The standard InChI is InChI=1S/C24H29FN4O4S.C8H13FN4O2S/c1-27-21(17-28-15-20(25)16-28)12-24(26-27)34(30,31)29(13-18-4-8-22(32-2)9-5-18)14-19-6-10-23(33-3)11-7-19;1-12-7(5-13-3-6(9)4-13)2-8(11-12)16(10,14)15/h4-12,20H,13-17H2,1-3H3;2,6H,3-5H2,1H3,(H2,10,14,15). The van der Waals surface area contributed by atoms with Crippen LogP contribution in [0.15, 0.2) is 70.7 Å². The third-order valence-electron chi connectivity index (χ3n) is 8.44. The number of sulfonamides is 2. The molecule has 6 rings (SSSR count). The van der Waals surface area contributed by atoms with E-state index in [4.69, 9.17) is 14.6 Å². The van der Waals surface area contributed by atoms with Gasteiger partial charge in [-0.05, 0) is 35.4 Å². The first-order valence-corrected chi connectivity index (χ1v) is 18.7. The SMILES string of the molecule is COc1ccc(CN(Cc2ccc(OC)cc2)S(=O)(=O)c2cc(CN3CC(F)C3)n(C)n2)cc1.Cn1nc(S(N)(=O)=O)cc1CN1CC(F)C1. The number of alkyl halides is 2. The van der Waals surface area contributed by atoms with Gasteiger partial charge in [0.05, 0.1) is 25.6 Å². The fraction of sp³-hybridized carbons (Fsp3) is 0.438. The van der Waals surface area contributed by atoms with Crippen molar-refractivity contribution in [1.82, 2.24) is 33.7 Å². The maximum atomic E-state index is 13.7. The average Bonchev–Trinajstić information content (AvgIpc) is 3.62. The van der Waals surface area contributed by atoms with E-state index in [9.17, 15) is 25.6 Å². The van der Waals surface area contributed by atoms with Crippen LogP contribution in [0, 0.1) is 0 Å². The quantitative estimate of drug-likeness (QED) is 0.216. The van der Waals surface area contributed by atoms with Crippen LogP contribution in [0.2, 0.25) is 0 Å². The molecule has 50 heavy (non-hydrogen) atoms. The van der Waals surface area contributed by atoms with Crippen molar-refractivity contribution >= 4 is 20.0 Å². The number of hydrogen-bond donors (Lipinski definition) is 1. The van der Waals surface area contributed by atoms with E-state index < -0.39 is 32.4 Å². The van der Waals surface area contributed by atoms with Crippen LogP contribution < -0.4 is 14.6 Å². The smallest absolute Gasteiger partial charge is 0.262 e. The van der Waals surface area contributed by atoms with Gasteiger partial charge in [-0.25, -0.2) is 30.8 Å². The molecule has 14 nitrogen and oxygen atoms in total. The summed E-state index contributed by atoms with van der Waals surface area (Å²) >= 11 is 0. The van der Waals surface area contributed by atoms with E-state index in [-0.39, 0.29) is 23.1 Å². The Morgan fingerprint density at radius 3 is 1.44 bits per heavy atom. The highest BCUT2D eigenvalue weighted by Gasteiger charge is 2.31. The van der Waals surface area contributed by atoms with Crippen LogP contribution in [0.5, 0.6) is 11.5 Å². The largest absolute Gasteiger partial charge is 0.497 e. The number of hydrogen-bond acceptors (Lipinski definition) is 10. The van der Waals surface area contributed by atoms with Gasteiger partial charge in [0, 0.05) is 78.6 Å². The lowest BCUT2D eigenvalue weighted by Gasteiger charge is -2.33. The summed E-state index contributed by atoms with van der Waals surface area (Å²) in [5, 5.41) is 12.9. The number of aromatic nitrogens is 4. The molecule has 0 bridgehead atoms. The van der Waals surface area contributed by atoms with E-state index >= 15 is 0 Å². The fourth-order valence-electron chi connectivity index (χ4n) is 5.47. The molecule has 18 heteroatoms. The zero-order valence-electron chi connectivity index (χ0n) is 28.3. The molecule has 2 aromatic carbocycles. The van der Waals surface area contributed by atoms with Gasteiger partial charge in [0.25, 0.3) is 20.0 Å². The molecule has 0 amide bonds. The van der Waals surface area contributed by atoms with Gasteiger partial charge in [-0.2, -0.15) is 14.5 Å². The third-order valence-corrected chi connectivity index (χ3v) is 10.9. The molecule has 0 aliphatic carbocycles. The maximum Gasteiger partial charge on any atom is 0.262 e. The molecule has 272 valence electrons. The van der Waals surface area contributed by atoms with E-state index in [0.29, 0.717) is 56.5 Å². The monoisotopic (exact) mass is 736 g/mol. The number of rotatable bonds is 13. The molecule has 2 N–H and O–H groups in total. The van der Waals surface area contributed by atoms with Crippen molar-refractivity contribution in [1.29, 1.82) is 0 Å². The number of aryl methyl sites for hydroxylation is 2. The first-order valence-electron chi connectivity index (χ1n) is 15.7. The third kappa shape index (κ3) is 9.23. The molecule has 2 saturated heterocycles. The molecule has 2 aliphatic heterocycles. The summed E-state index contributed by atoms with van der Waals surface area (Å²) in [4.78, 5) is 3.79. The molecule has 2 aliphatic rings. The van der Waals surface area contributed by atoms with Crippen LogP contribution >= 0.6 is 0 Å². The highest BCUT2D eigenvalue weighted by Crippen LogP contribution is 2.25. The summed E-state index contributed by atoms with van der Waals surface area (Å²) in [5.74, 6) is 1.40. The zero-order chi connectivity index (χ0) is 36.2. The summed E-state index contributed by atoms with van der Waals surface area (Å²) in [6, 6.07) is 17.6. The minimum Gasteiger partial charge on any atom is -0.497 e. The number of benzene rings is 2. The van der Waals surface area contributed by atoms with Crippen molar-refractivity contribution < 1.29 is 35.1 Å². The van der Waals surface area contributed by atoms with Crippen molar-refractivity contribution in [2.45, 2.75) is 48.6 Å². The molecule has 4 aromatic rings. The molecule has 4 heterocycles. The molecule has 0 radical (unpaired) electrons. The minimum atomic E-state index is -3.92. The Balaban J connectivity index is 0.000000253. The predicted octanol–water partition coefficient (Wildman–Crippen LogP) is 2.20. The van der Waals surface area contributed by atoms with Crippen LogP contribution in [-0.2, 0) is 60.3 Å². The predicted molar refractivity (Wildman–Crippen MR) is 181 cm³/mol. The van der Waals surface area contributed by atoms with Crippen molar-refractivity contribution in [3.63, 3.8) is 0 Å². The maximum absolute atomic E-state index is 13.7. The van der Waals surface area contributed by atoms with Crippen LogP contribution in [0.4, 0.5) is 8.78 Å². The van der Waals surface area contributed by atoms with Crippen LogP contribution in [0.1, 0.15) is 22.5 Å². The summed E-state index contributed by atoms with van der Waals surface area (Å²) in [6.07, 6.45) is -1.59. The average molecular weight is 737 g/mol. The van der Waals surface area contributed by atoms with Crippen molar-refractivity contribution in [3.05, 3.63) is 83.2 Å². The van der Waals surface area contributed by atoms with Gasteiger partial charge >= 0.3 is 0 Å². The lowest BCUT2D eigenvalue weighted by Crippen LogP contribution is -2.47. The van der Waals surface area contributed by atoms with Gasteiger partial charge in [0.15, 0.2) is 10.1 Å². The number of ether oxygens (including phenoxy) is 2. The fourth-order valence-corrected chi connectivity index (χ4v) is 7.42. The number of likely N-dealkylation sites (tertiary alicyclic amines) is 2. The van der Waals surface area contributed by atoms with Crippen LogP contribution in [0.3, 0.4) is 0 Å². The van der Waals surface area contributed by atoms with Gasteiger partial charge < -0.3 is 9.47 Å². The van der Waals surface area contributed by atoms with E-state index in [1.54, 1.807) is 63.3 Å². The lowest BCUT2D eigenvalue weighted by atomic mass is 10.2. The number of nitrogens with zero attached hydrogens (tertiary/aromatic N) is 7. The molecule has 0 saturated carbocycles. The molecule has 0 spiro atoms. The van der Waals surface area contributed by atoms with Gasteiger partial charge in [0.2, 0.25) is 0 Å². The van der Waals surface area contributed by atoms with Crippen molar-refractivity contribution in [2.24, 2.45) is 19.2 Å². The van der Waals surface area contributed by atoms with Gasteiger partial charge in [-0.15, -0.1) is 0 Å². The van der Waals surface area contributed by atoms with Crippen LogP contribution in [0.25, 0.3) is 0 Å². The van der Waals surface area contributed by atoms with Crippen molar-refractivity contribution in [3.8, 4) is 11.5 Å². The second-order valence-electron chi connectivity index (χ2n) is 12.3. The number of primary sulfonamides is 1. The first-order chi connectivity index (χ1) is 23.6. The first kappa shape index (κ1) is 37.3. The summed E-state index contributed by atoms with van der Waals surface area (Å²) in [7, 11) is -1.17. The number of halogens is 2. The molecule has 0 atom stereocenters. The molecule has 2 fully saturated rings. The second-order valence-corrected chi connectivity index (χ2v) is 15.7. The van der Waals surface area contributed by atoms with Crippen molar-refractivity contribution in [2.75, 3.05) is 40.4 Å². The van der Waals surface area contributed by atoms with E-state index in [0.717, 1.165) is 16.8 Å². The van der Waals surface area contributed by atoms with E-state index in [2.05, 4.69) is 10.2 Å². The Morgan fingerprint density at radius 2 is 1.10 bits per heavy atom.